The Morgan fingerprint density at radius 3 is 2.56 bits per heavy atom. The molecule has 1 aromatic heterocycles. The van der Waals surface area contributed by atoms with Gasteiger partial charge in [-0.1, -0.05) is 51.8 Å². The molecule has 1 amide bonds. The Hall–Kier alpha value is -3.10. The summed E-state index contributed by atoms with van der Waals surface area (Å²) in [5.74, 6) is 0.0438. The number of alkyl halides is 3. The Kier molecular flexibility index (Phi) is 6.08. The first-order valence-corrected chi connectivity index (χ1v) is 10.4. The summed E-state index contributed by atoms with van der Waals surface area (Å²) in [6.45, 7) is 0. The number of benzene rings is 3. The van der Waals surface area contributed by atoms with Gasteiger partial charge in [0, 0.05) is 15.6 Å². The van der Waals surface area contributed by atoms with E-state index in [2.05, 4.69) is 26.2 Å². The molecule has 0 saturated carbocycles. The fourth-order valence-corrected chi connectivity index (χ4v) is 3.59. The molecular formula is C23H13BrClF3N2O2. The van der Waals surface area contributed by atoms with E-state index in [1.807, 2.05) is 24.3 Å². The third-order valence-electron chi connectivity index (χ3n) is 4.56. The first kappa shape index (κ1) is 22.1. The highest BCUT2D eigenvalue weighted by Crippen LogP contribution is 2.35. The molecule has 0 unspecified atom stereocenters. The largest absolute Gasteiger partial charge is 0.436 e. The van der Waals surface area contributed by atoms with Crippen molar-refractivity contribution in [3.05, 3.63) is 93.5 Å². The minimum atomic E-state index is -4.57. The molecule has 4 aromatic rings. The molecule has 0 aliphatic carbocycles. The van der Waals surface area contributed by atoms with E-state index in [1.54, 1.807) is 18.2 Å². The second-order valence-corrected chi connectivity index (χ2v) is 8.05. The molecule has 0 saturated heterocycles. The Morgan fingerprint density at radius 1 is 1.03 bits per heavy atom. The summed E-state index contributed by atoms with van der Waals surface area (Å²) < 4.78 is 45.8. The number of halogens is 5. The van der Waals surface area contributed by atoms with Gasteiger partial charge in [-0.05, 0) is 42.5 Å². The number of hydrogen-bond donors (Lipinski definition) is 1. The predicted molar refractivity (Wildman–Crippen MR) is 119 cm³/mol. The van der Waals surface area contributed by atoms with E-state index < -0.39 is 17.6 Å². The van der Waals surface area contributed by atoms with Crippen molar-refractivity contribution in [2.75, 3.05) is 5.32 Å². The molecule has 9 heteroatoms. The lowest BCUT2D eigenvalue weighted by Gasteiger charge is -2.12. The quantitative estimate of drug-likeness (QED) is 0.299. The van der Waals surface area contributed by atoms with Crippen molar-refractivity contribution in [2.45, 2.75) is 6.18 Å². The Morgan fingerprint density at radius 2 is 1.81 bits per heavy atom. The summed E-state index contributed by atoms with van der Waals surface area (Å²) in [6, 6.07) is 16.7. The highest BCUT2D eigenvalue weighted by Gasteiger charge is 2.31. The average Bonchev–Trinajstić information content (AvgIpc) is 3.25. The molecule has 0 aliphatic heterocycles. The molecular weight excluding hydrogens is 509 g/mol. The predicted octanol–water partition coefficient (Wildman–Crippen LogP) is 7.70. The van der Waals surface area contributed by atoms with Crippen molar-refractivity contribution in [2.24, 2.45) is 0 Å². The minimum Gasteiger partial charge on any atom is -0.436 e. The van der Waals surface area contributed by atoms with Gasteiger partial charge in [0.15, 0.2) is 5.76 Å². The van der Waals surface area contributed by atoms with Crippen LogP contribution in [0.25, 0.3) is 22.8 Å². The molecule has 0 radical (unpaired) electrons. The van der Waals surface area contributed by atoms with Crippen molar-refractivity contribution >= 4 is 39.1 Å². The summed E-state index contributed by atoms with van der Waals surface area (Å²) in [6.07, 6.45) is -3.03. The molecule has 162 valence electrons. The molecule has 0 bridgehead atoms. The first-order valence-electron chi connectivity index (χ1n) is 9.21. The van der Waals surface area contributed by atoms with Crippen LogP contribution in [0.4, 0.5) is 18.9 Å². The minimum absolute atomic E-state index is 0.0168. The molecule has 32 heavy (non-hydrogen) atoms. The van der Waals surface area contributed by atoms with Gasteiger partial charge in [0.05, 0.1) is 28.0 Å². The summed E-state index contributed by atoms with van der Waals surface area (Å²) in [5.41, 5.74) is 0.272. The molecule has 0 atom stereocenters. The van der Waals surface area contributed by atoms with Gasteiger partial charge in [-0.15, -0.1) is 0 Å². The number of rotatable bonds is 4. The number of nitrogens with zero attached hydrogens (tertiary/aromatic N) is 1. The van der Waals surface area contributed by atoms with Crippen LogP contribution in [0.1, 0.15) is 15.9 Å². The molecule has 4 rings (SSSR count). The zero-order valence-corrected chi connectivity index (χ0v) is 18.4. The molecule has 1 heterocycles. The molecule has 4 nitrogen and oxygen atoms in total. The fourth-order valence-electron chi connectivity index (χ4n) is 3.03. The normalized spacial score (nSPS) is 11.4. The lowest BCUT2D eigenvalue weighted by molar-refractivity contribution is -0.137. The van der Waals surface area contributed by atoms with Gasteiger partial charge in [-0.3, -0.25) is 4.79 Å². The highest BCUT2D eigenvalue weighted by molar-refractivity contribution is 9.10. The van der Waals surface area contributed by atoms with E-state index in [9.17, 15) is 18.0 Å². The standard InChI is InChI=1S/C23H13BrClF3N2O2/c24-15-5-3-4-13(10-15)20-12-29-22(32-20)17-7-2-1-6-16(17)21(31)30-19-11-14(23(26,27)28)8-9-18(19)25/h1-12H,(H,30,31). The van der Waals surface area contributed by atoms with Gasteiger partial charge < -0.3 is 9.73 Å². The van der Waals surface area contributed by atoms with Crippen LogP contribution in [0.2, 0.25) is 5.02 Å². The van der Waals surface area contributed by atoms with Gasteiger partial charge in [-0.25, -0.2) is 4.98 Å². The molecule has 0 spiro atoms. The summed E-state index contributed by atoms with van der Waals surface area (Å²) in [4.78, 5) is 17.2. The Balaban J connectivity index is 1.66. The molecule has 0 aliphatic rings. The lowest BCUT2D eigenvalue weighted by Crippen LogP contribution is -2.14. The maximum atomic E-state index is 13.0. The SMILES string of the molecule is O=C(Nc1cc(C(F)(F)F)ccc1Cl)c1ccccc1-c1ncc(-c2cccc(Br)c2)o1. The van der Waals surface area contributed by atoms with Crippen LogP contribution in [0.3, 0.4) is 0 Å². The fraction of sp³-hybridized carbons (Fsp3) is 0.0435. The topological polar surface area (TPSA) is 55.1 Å². The van der Waals surface area contributed by atoms with Crippen LogP contribution in [0, 0.1) is 0 Å². The van der Waals surface area contributed by atoms with E-state index in [0.717, 1.165) is 28.2 Å². The highest BCUT2D eigenvalue weighted by atomic mass is 79.9. The van der Waals surface area contributed by atoms with Crippen LogP contribution in [0.15, 0.2) is 81.8 Å². The Labute approximate surface area is 194 Å². The number of aromatic nitrogens is 1. The third-order valence-corrected chi connectivity index (χ3v) is 5.38. The van der Waals surface area contributed by atoms with Crippen LogP contribution in [-0.2, 0) is 6.18 Å². The second-order valence-electron chi connectivity index (χ2n) is 6.73. The molecule has 3 aromatic carbocycles. The van der Waals surface area contributed by atoms with E-state index in [4.69, 9.17) is 16.0 Å². The number of hydrogen-bond acceptors (Lipinski definition) is 3. The maximum absolute atomic E-state index is 13.0. The van der Waals surface area contributed by atoms with Crippen molar-refractivity contribution in [3.63, 3.8) is 0 Å². The number of oxazole rings is 1. The van der Waals surface area contributed by atoms with Crippen molar-refractivity contribution in [1.29, 1.82) is 0 Å². The number of amides is 1. The van der Waals surface area contributed by atoms with Crippen LogP contribution < -0.4 is 5.32 Å². The van der Waals surface area contributed by atoms with Crippen molar-refractivity contribution in [3.8, 4) is 22.8 Å². The number of anilines is 1. The maximum Gasteiger partial charge on any atom is 0.416 e. The summed E-state index contributed by atoms with van der Waals surface area (Å²) in [7, 11) is 0. The van der Waals surface area contributed by atoms with Crippen molar-refractivity contribution in [1.82, 2.24) is 4.98 Å². The van der Waals surface area contributed by atoms with E-state index in [1.165, 1.54) is 12.3 Å². The smallest absolute Gasteiger partial charge is 0.416 e. The van der Waals surface area contributed by atoms with Gasteiger partial charge in [-0.2, -0.15) is 13.2 Å². The van der Waals surface area contributed by atoms with Crippen molar-refractivity contribution < 1.29 is 22.4 Å². The van der Waals surface area contributed by atoms with E-state index >= 15 is 0 Å². The molecule has 0 fully saturated rings. The summed E-state index contributed by atoms with van der Waals surface area (Å²) >= 11 is 9.40. The van der Waals surface area contributed by atoms with Crippen LogP contribution in [0.5, 0.6) is 0 Å². The monoisotopic (exact) mass is 520 g/mol. The van der Waals surface area contributed by atoms with Crippen LogP contribution >= 0.6 is 27.5 Å². The van der Waals surface area contributed by atoms with Gasteiger partial charge in [0.2, 0.25) is 5.89 Å². The van der Waals surface area contributed by atoms with Crippen LogP contribution in [-0.4, -0.2) is 10.9 Å². The Bertz CT molecular complexity index is 1300. The zero-order valence-electron chi connectivity index (χ0n) is 16.1. The zero-order chi connectivity index (χ0) is 22.9. The average molecular weight is 522 g/mol. The van der Waals surface area contributed by atoms with E-state index in [0.29, 0.717) is 11.3 Å². The first-order chi connectivity index (χ1) is 15.2. The van der Waals surface area contributed by atoms with Gasteiger partial charge in [0.1, 0.15) is 0 Å². The lowest BCUT2D eigenvalue weighted by atomic mass is 10.1. The number of carbonyl (C=O) groups is 1. The molecule has 1 N–H and O–H groups in total. The van der Waals surface area contributed by atoms with Gasteiger partial charge >= 0.3 is 6.18 Å². The second kappa shape index (κ2) is 8.80. The number of carbonyl (C=O) groups excluding carboxylic acids is 1. The van der Waals surface area contributed by atoms with Gasteiger partial charge in [0.25, 0.3) is 5.91 Å². The number of nitrogens with one attached hydrogen (secondary N) is 1. The summed E-state index contributed by atoms with van der Waals surface area (Å²) in [5, 5.41) is 2.43. The third kappa shape index (κ3) is 4.71. The van der Waals surface area contributed by atoms with E-state index in [-0.39, 0.29) is 22.2 Å².